The number of hydrogen-bond acceptors (Lipinski definition) is 5. The molecule has 126 valence electrons. The van der Waals surface area contributed by atoms with Gasteiger partial charge in [-0.1, -0.05) is 31.4 Å². The molecule has 0 spiro atoms. The monoisotopic (exact) mass is 343 g/mol. The highest BCUT2D eigenvalue weighted by Gasteiger charge is 2.14. The maximum atomic E-state index is 11.6. The molecule has 0 saturated heterocycles. The van der Waals surface area contributed by atoms with Crippen molar-refractivity contribution in [2.75, 3.05) is 11.9 Å². The van der Waals surface area contributed by atoms with E-state index < -0.39 is 17.4 Å². The van der Waals surface area contributed by atoms with E-state index in [1.807, 2.05) is 6.92 Å². The number of unbranched alkanes of at least 4 members (excludes halogenated alkanes) is 2. The van der Waals surface area contributed by atoms with Crippen LogP contribution in [-0.2, 0) is 14.4 Å². The molecule has 0 aliphatic rings. The van der Waals surface area contributed by atoms with Gasteiger partial charge in [-0.25, -0.2) is 5.48 Å². The number of anilines is 1. The normalized spacial score (nSPS) is 10.2. The van der Waals surface area contributed by atoms with Crippen molar-refractivity contribution in [1.82, 2.24) is 5.48 Å². The number of carbonyl (C=O) groups excluding carboxylic acids is 2. The molecule has 0 aliphatic carbocycles. The number of carbonyl (C=O) groups is 2. The Kier molecular flexibility index (Phi) is 8.00. The highest BCUT2D eigenvalue weighted by molar-refractivity contribution is 6.32. The molecule has 23 heavy (non-hydrogen) atoms. The zero-order valence-corrected chi connectivity index (χ0v) is 13.4. The van der Waals surface area contributed by atoms with Crippen molar-refractivity contribution in [2.24, 2.45) is 0 Å². The van der Waals surface area contributed by atoms with Crippen LogP contribution in [0.5, 0.6) is 0 Å². The fourth-order valence-electron chi connectivity index (χ4n) is 1.70. The minimum atomic E-state index is -0.648. The third kappa shape index (κ3) is 7.07. The van der Waals surface area contributed by atoms with Gasteiger partial charge in [-0.2, -0.15) is 0 Å². The Morgan fingerprint density at radius 2 is 2.04 bits per heavy atom. The maximum Gasteiger partial charge on any atom is 0.289 e. The topological polar surface area (TPSA) is 111 Å². The fraction of sp³-hybridized carbons (Fsp3) is 0.429. The van der Waals surface area contributed by atoms with Crippen molar-refractivity contribution in [3.63, 3.8) is 0 Å². The molecule has 0 fully saturated rings. The van der Waals surface area contributed by atoms with Crippen LogP contribution >= 0.6 is 11.6 Å². The summed E-state index contributed by atoms with van der Waals surface area (Å²) in [7, 11) is 0. The minimum Gasteiger partial charge on any atom is -0.324 e. The van der Waals surface area contributed by atoms with E-state index >= 15 is 0 Å². The van der Waals surface area contributed by atoms with Gasteiger partial charge in [-0.15, -0.1) is 0 Å². The lowest BCUT2D eigenvalue weighted by Gasteiger charge is -2.07. The summed E-state index contributed by atoms with van der Waals surface area (Å²) in [5.74, 6) is -0.858. The van der Waals surface area contributed by atoms with Gasteiger partial charge in [0.05, 0.1) is 4.92 Å². The number of nitro groups is 1. The zero-order valence-electron chi connectivity index (χ0n) is 12.6. The van der Waals surface area contributed by atoms with Crippen LogP contribution in [0, 0.1) is 10.1 Å². The van der Waals surface area contributed by atoms with E-state index in [4.69, 9.17) is 16.4 Å². The van der Waals surface area contributed by atoms with Gasteiger partial charge in [0.25, 0.3) is 11.6 Å². The Morgan fingerprint density at radius 1 is 1.30 bits per heavy atom. The summed E-state index contributed by atoms with van der Waals surface area (Å²) in [5.41, 5.74) is 2.07. The largest absolute Gasteiger partial charge is 0.324 e. The number of nitrogens with zero attached hydrogens (tertiary/aromatic N) is 1. The number of nitrogens with one attached hydrogen (secondary N) is 2. The molecule has 0 heterocycles. The molecule has 0 bridgehead atoms. The molecule has 0 radical (unpaired) electrons. The van der Waals surface area contributed by atoms with E-state index in [1.165, 1.54) is 12.1 Å². The van der Waals surface area contributed by atoms with E-state index in [0.29, 0.717) is 6.42 Å². The second-order valence-corrected chi connectivity index (χ2v) is 5.15. The molecule has 0 saturated carbocycles. The first-order valence-electron chi connectivity index (χ1n) is 7.08. The number of halogens is 1. The molecule has 0 aromatic heterocycles. The van der Waals surface area contributed by atoms with Gasteiger partial charge in [-0.3, -0.25) is 24.5 Å². The molecule has 2 N–H and O–H groups in total. The Morgan fingerprint density at radius 3 is 2.70 bits per heavy atom. The smallest absolute Gasteiger partial charge is 0.289 e. The Labute approximate surface area is 138 Å². The maximum absolute atomic E-state index is 11.6. The molecule has 1 aromatic carbocycles. The van der Waals surface area contributed by atoms with E-state index in [2.05, 4.69) is 10.8 Å². The van der Waals surface area contributed by atoms with Crippen LogP contribution in [0.15, 0.2) is 18.2 Å². The molecular formula is C14H18ClN3O5. The second-order valence-electron chi connectivity index (χ2n) is 4.74. The predicted octanol–water partition coefficient (Wildman–Crippen LogP) is 2.81. The van der Waals surface area contributed by atoms with Crippen LogP contribution < -0.4 is 10.8 Å². The Hall–Kier alpha value is -2.19. The number of hydrogen-bond donors (Lipinski definition) is 2. The first-order chi connectivity index (χ1) is 10.9. The lowest BCUT2D eigenvalue weighted by molar-refractivity contribution is -0.384. The summed E-state index contributed by atoms with van der Waals surface area (Å²) >= 11 is 5.67. The minimum absolute atomic E-state index is 0.0245. The van der Waals surface area contributed by atoms with Crippen LogP contribution in [0.1, 0.15) is 32.6 Å². The summed E-state index contributed by atoms with van der Waals surface area (Å²) in [5, 5.41) is 13.1. The lowest BCUT2D eigenvalue weighted by Crippen LogP contribution is -2.28. The van der Waals surface area contributed by atoms with Gasteiger partial charge in [0.15, 0.2) is 6.61 Å². The van der Waals surface area contributed by atoms with Crippen molar-refractivity contribution in [3.05, 3.63) is 33.3 Å². The first-order valence-corrected chi connectivity index (χ1v) is 7.46. The Bertz CT molecular complexity index is 580. The lowest BCUT2D eigenvalue weighted by atomic mass is 10.2. The third-order valence-electron chi connectivity index (χ3n) is 2.82. The quantitative estimate of drug-likeness (QED) is 0.407. The average Bonchev–Trinajstić information content (AvgIpc) is 2.49. The van der Waals surface area contributed by atoms with E-state index in [1.54, 1.807) is 0 Å². The van der Waals surface area contributed by atoms with Gasteiger partial charge in [0.1, 0.15) is 5.02 Å². The van der Waals surface area contributed by atoms with Gasteiger partial charge in [0.2, 0.25) is 5.91 Å². The van der Waals surface area contributed by atoms with Crippen LogP contribution in [0.3, 0.4) is 0 Å². The Balaban J connectivity index is 2.38. The van der Waals surface area contributed by atoms with Crippen molar-refractivity contribution in [1.29, 1.82) is 0 Å². The molecule has 0 aliphatic heterocycles. The highest BCUT2D eigenvalue weighted by Crippen LogP contribution is 2.27. The van der Waals surface area contributed by atoms with Crippen LogP contribution in [-0.4, -0.2) is 23.3 Å². The van der Waals surface area contributed by atoms with Crippen LogP contribution in [0.2, 0.25) is 5.02 Å². The summed E-state index contributed by atoms with van der Waals surface area (Å²) in [6.45, 7) is 1.62. The SMILES string of the molecule is CCCCCC(=O)NOCC(=O)Nc1ccc(Cl)c([N+](=O)[O-])c1. The molecule has 0 atom stereocenters. The summed E-state index contributed by atoms with van der Waals surface area (Å²) in [6.07, 6.45) is 3.04. The van der Waals surface area contributed by atoms with Crippen LogP contribution in [0.4, 0.5) is 11.4 Å². The summed E-state index contributed by atoms with van der Waals surface area (Å²) < 4.78 is 0. The number of amides is 2. The number of hydroxylamine groups is 1. The van der Waals surface area contributed by atoms with Crippen molar-refractivity contribution < 1.29 is 19.3 Å². The van der Waals surface area contributed by atoms with Crippen molar-refractivity contribution in [2.45, 2.75) is 32.6 Å². The van der Waals surface area contributed by atoms with E-state index in [9.17, 15) is 19.7 Å². The molecule has 2 amide bonds. The van der Waals surface area contributed by atoms with Crippen molar-refractivity contribution >= 4 is 34.8 Å². The van der Waals surface area contributed by atoms with E-state index in [-0.39, 0.29) is 22.3 Å². The fourth-order valence-corrected chi connectivity index (χ4v) is 1.88. The summed E-state index contributed by atoms with van der Waals surface area (Å²) in [6, 6.07) is 3.88. The molecule has 8 nitrogen and oxygen atoms in total. The average molecular weight is 344 g/mol. The second kappa shape index (κ2) is 9.75. The van der Waals surface area contributed by atoms with Gasteiger partial charge >= 0.3 is 0 Å². The molecule has 1 aromatic rings. The van der Waals surface area contributed by atoms with Gasteiger partial charge in [-0.05, 0) is 18.6 Å². The van der Waals surface area contributed by atoms with Gasteiger partial charge in [0, 0.05) is 18.2 Å². The molecule has 0 unspecified atom stereocenters. The van der Waals surface area contributed by atoms with E-state index in [0.717, 1.165) is 25.3 Å². The summed E-state index contributed by atoms with van der Waals surface area (Å²) in [4.78, 5) is 37.9. The molecular weight excluding hydrogens is 326 g/mol. The standard InChI is InChI=1S/C14H18ClN3O5/c1-2-3-4-5-13(19)17-23-9-14(20)16-10-6-7-11(15)12(8-10)18(21)22/h6-8H,2-5,9H2,1H3,(H,16,20)(H,17,19). The predicted molar refractivity (Wildman–Crippen MR) is 85.0 cm³/mol. The number of benzene rings is 1. The van der Waals surface area contributed by atoms with Crippen LogP contribution in [0.25, 0.3) is 0 Å². The molecule has 1 rings (SSSR count). The number of nitro benzene ring substituents is 1. The zero-order chi connectivity index (χ0) is 17.2. The van der Waals surface area contributed by atoms with Gasteiger partial charge < -0.3 is 5.32 Å². The highest BCUT2D eigenvalue weighted by atomic mass is 35.5. The van der Waals surface area contributed by atoms with Crippen molar-refractivity contribution in [3.8, 4) is 0 Å². The third-order valence-corrected chi connectivity index (χ3v) is 3.14. The molecule has 9 heteroatoms. The number of rotatable bonds is 9. The first kappa shape index (κ1) is 18.9.